The second kappa shape index (κ2) is 8.46. The van der Waals surface area contributed by atoms with Gasteiger partial charge in [-0.1, -0.05) is 25.4 Å². The summed E-state index contributed by atoms with van der Waals surface area (Å²) in [5.41, 5.74) is 0.435. The van der Waals surface area contributed by atoms with Gasteiger partial charge in [0.15, 0.2) is 6.29 Å². The van der Waals surface area contributed by atoms with E-state index >= 15 is 0 Å². The molecular weight excluding hydrogens is 332 g/mol. The minimum Gasteiger partial charge on any atom is -0.366 e. The van der Waals surface area contributed by atoms with Crippen molar-refractivity contribution in [2.45, 2.75) is 45.1 Å². The molecule has 3 N–H and O–H groups in total. The Labute approximate surface area is 146 Å². The number of aliphatic hydroxyl groups is 1. The molecule has 6 nitrogen and oxygen atoms in total. The summed E-state index contributed by atoms with van der Waals surface area (Å²) < 4.78 is 5.03. The molecule has 2 rings (SSSR count). The Morgan fingerprint density at radius 2 is 2.00 bits per heavy atom. The van der Waals surface area contributed by atoms with Gasteiger partial charge in [0.2, 0.25) is 5.91 Å². The van der Waals surface area contributed by atoms with Crippen molar-refractivity contribution in [1.82, 2.24) is 10.6 Å². The van der Waals surface area contributed by atoms with Crippen LogP contribution in [0.1, 0.15) is 37.0 Å². The van der Waals surface area contributed by atoms with Crippen molar-refractivity contribution < 1.29 is 19.4 Å². The predicted molar refractivity (Wildman–Crippen MR) is 90.7 cm³/mol. The summed E-state index contributed by atoms with van der Waals surface area (Å²) in [5, 5.41) is 15.7. The summed E-state index contributed by atoms with van der Waals surface area (Å²) in [5.74, 6) is -0.438. The van der Waals surface area contributed by atoms with Gasteiger partial charge in [-0.3, -0.25) is 9.59 Å². The van der Waals surface area contributed by atoms with Crippen molar-refractivity contribution in [3.8, 4) is 0 Å². The highest BCUT2D eigenvalue weighted by molar-refractivity contribution is 6.30. The van der Waals surface area contributed by atoms with Crippen LogP contribution in [0.15, 0.2) is 24.3 Å². The number of hydrogen-bond donors (Lipinski definition) is 3. The lowest BCUT2D eigenvalue weighted by atomic mass is 10.0. The summed E-state index contributed by atoms with van der Waals surface area (Å²) in [6.07, 6.45) is 0.0435. The number of halogens is 1. The SMILES string of the molecule is CC(C)CC(NC(=O)c1ccc(Cl)cc1)C(=O)NC1CCOC1O. The standard InChI is InChI=1S/C17H23ClN2O4/c1-10(2)9-14(16(22)19-13-7-8-24-17(13)23)20-15(21)11-3-5-12(18)6-4-11/h3-6,10,13-14,17,23H,7-9H2,1-2H3,(H,19,22)(H,20,21). The average molecular weight is 355 g/mol. The number of benzene rings is 1. The lowest BCUT2D eigenvalue weighted by molar-refractivity contribution is -0.127. The summed E-state index contributed by atoms with van der Waals surface area (Å²) in [6.45, 7) is 4.35. The molecule has 0 radical (unpaired) electrons. The maximum atomic E-state index is 12.5. The number of amides is 2. The first-order chi connectivity index (χ1) is 11.4. The first-order valence-corrected chi connectivity index (χ1v) is 8.41. The molecule has 0 bridgehead atoms. The highest BCUT2D eigenvalue weighted by atomic mass is 35.5. The lowest BCUT2D eigenvalue weighted by Gasteiger charge is -2.23. The van der Waals surface area contributed by atoms with Crippen LogP contribution < -0.4 is 10.6 Å². The third-order valence-electron chi connectivity index (χ3n) is 3.82. The second-order valence-electron chi connectivity index (χ2n) is 6.33. The average Bonchev–Trinajstić information content (AvgIpc) is 2.92. The lowest BCUT2D eigenvalue weighted by Crippen LogP contribution is -2.51. The molecule has 1 aliphatic heterocycles. The Balaban J connectivity index is 2.02. The van der Waals surface area contributed by atoms with Gasteiger partial charge >= 0.3 is 0 Å². The van der Waals surface area contributed by atoms with Crippen molar-refractivity contribution in [3.05, 3.63) is 34.9 Å². The normalized spacial score (nSPS) is 21.5. The van der Waals surface area contributed by atoms with Gasteiger partial charge in [0.05, 0.1) is 12.6 Å². The number of hydrogen-bond acceptors (Lipinski definition) is 4. The van der Waals surface area contributed by atoms with E-state index < -0.39 is 18.4 Å². The second-order valence-corrected chi connectivity index (χ2v) is 6.76. The quantitative estimate of drug-likeness (QED) is 0.725. The van der Waals surface area contributed by atoms with Crippen molar-refractivity contribution in [1.29, 1.82) is 0 Å². The smallest absolute Gasteiger partial charge is 0.251 e. The van der Waals surface area contributed by atoms with Crippen molar-refractivity contribution in [2.24, 2.45) is 5.92 Å². The van der Waals surface area contributed by atoms with Crippen LogP contribution >= 0.6 is 11.6 Å². The molecule has 1 aromatic carbocycles. The first-order valence-electron chi connectivity index (χ1n) is 8.03. The minimum atomic E-state index is -0.999. The molecule has 1 fully saturated rings. The summed E-state index contributed by atoms with van der Waals surface area (Å²) in [6, 6.07) is 5.34. The molecule has 132 valence electrons. The molecule has 1 heterocycles. The number of carbonyl (C=O) groups excluding carboxylic acids is 2. The number of ether oxygens (including phenoxy) is 1. The summed E-state index contributed by atoms with van der Waals surface area (Å²) in [7, 11) is 0. The van der Waals surface area contributed by atoms with Crippen molar-refractivity contribution in [3.63, 3.8) is 0 Å². The fraction of sp³-hybridized carbons (Fsp3) is 0.529. The zero-order valence-corrected chi connectivity index (χ0v) is 14.5. The van der Waals surface area contributed by atoms with Crippen LogP contribution in [0.4, 0.5) is 0 Å². The van der Waals surface area contributed by atoms with Crippen LogP contribution in [0, 0.1) is 5.92 Å². The Bertz CT molecular complexity index is 576. The van der Waals surface area contributed by atoms with E-state index in [4.69, 9.17) is 16.3 Å². The zero-order chi connectivity index (χ0) is 17.7. The highest BCUT2D eigenvalue weighted by Gasteiger charge is 2.31. The van der Waals surface area contributed by atoms with Gasteiger partial charge in [-0.25, -0.2) is 0 Å². The minimum absolute atomic E-state index is 0.219. The third-order valence-corrected chi connectivity index (χ3v) is 4.08. The Hall–Kier alpha value is -1.63. The van der Waals surface area contributed by atoms with Gasteiger partial charge in [0.25, 0.3) is 5.91 Å². The van der Waals surface area contributed by atoms with Crippen LogP contribution in [0.5, 0.6) is 0 Å². The van der Waals surface area contributed by atoms with E-state index in [2.05, 4.69) is 10.6 Å². The molecule has 0 spiro atoms. The molecular formula is C17H23ClN2O4. The Morgan fingerprint density at radius 3 is 2.54 bits per heavy atom. The molecule has 7 heteroatoms. The molecule has 1 aromatic rings. The largest absolute Gasteiger partial charge is 0.366 e. The van der Waals surface area contributed by atoms with Crippen LogP contribution in [-0.4, -0.2) is 41.9 Å². The van der Waals surface area contributed by atoms with Crippen LogP contribution in [0.2, 0.25) is 5.02 Å². The van der Waals surface area contributed by atoms with Gasteiger partial charge in [0, 0.05) is 10.6 Å². The maximum absolute atomic E-state index is 12.5. The van der Waals surface area contributed by atoms with E-state index in [0.29, 0.717) is 30.0 Å². The summed E-state index contributed by atoms with van der Waals surface area (Å²) >= 11 is 5.82. The molecule has 0 aromatic heterocycles. The summed E-state index contributed by atoms with van der Waals surface area (Å²) in [4.78, 5) is 24.8. The van der Waals surface area contributed by atoms with Gasteiger partial charge < -0.3 is 20.5 Å². The zero-order valence-electron chi connectivity index (χ0n) is 13.8. The van der Waals surface area contributed by atoms with E-state index in [1.54, 1.807) is 24.3 Å². The van der Waals surface area contributed by atoms with Gasteiger partial charge in [-0.05, 0) is 43.0 Å². The van der Waals surface area contributed by atoms with Gasteiger partial charge in [-0.15, -0.1) is 0 Å². The van der Waals surface area contributed by atoms with Gasteiger partial charge in [-0.2, -0.15) is 0 Å². The Kier molecular flexibility index (Phi) is 6.60. The monoisotopic (exact) mass is 354 g/mol. The third kappa shape index (κ3) is 5.19. The van der Waals surface area contributed by atoms with E-state index in [1.165, 1.54) is 0 Å². The number of nitrogens with one attached hydrogen (secondary N) is 2. The van der Waals surface area contributed by atoms with Crippen molar-refractivity contribution >= 4 is 23.4 Å². The van der Waals surface area contributed by atoms with E-state index in [0.717, 1.165) is 0 Å². The number of carbonyl (C=O) groups is 2. The molecule has 2 amide bonds. The molecule has 3 unspecified atom stereocenters. The van der Waals surface area contributed by atoms with Crippen molar-refractivity contribution in [2.75, 3.05) is 6.61 Å². The predicted octanol–water partition coefficient (Wildman–Crippen LogP) is 1.71. The molecule has 0 saturated carbocycles. The topological polar surface area (TPSA) is 87.7 Å². The maximum Gasteiger partial charge on any atom is 0.251 e. The van der Waals surface area contributed by atoms with Crippen LogP contribution in [0.25, 0.3) is 0 Å². The van der Waals surface area contributed by atoms with E-state index in [-0.39, 0.29) is 17.7 Å². The van der Waals surface area contributed by atoms with E-state index in [1.807, 2.05) is 13.8 Å². The fourth-order valence-corrected chi connectivity index (χ4v) is 2.67. The van der Waals surface area contributed by atoms with Crippen LogP contribution in [-0.2, 0) is 9.53 Å². The molecule has 0 aliphatic carbocycles. The highest BCUT2D eigenvalue weighted by Crippen LogP contribution is 2.13. The number of rotatable bonds is 6. The Morgan fingerprint density at radius 1 is 1.33 bits per heavy atom. The van der Waals surface area contributed by atoms with E-state index in [9.17, 15) is 14.7 Å². The van der Waals surface area contributed by atoms with Gasteiger partial charge in [0.1, 0.15) is 6.04 Å². The molecule has 1 aliphatic rings. The number of aliphatic hydroxyl groups excluding tert-OH is 1. The fourth-order valence-electron chi connectivity index (χ4n) is 2.55. The molecule has 1 saturated heterocycles. The van der Waals surface area contributed by atoms with Crippen LogP contribution in [0.3, 0.4) is 0 Å². The first kappa shape index (κ1) is 18.7. The molecule has 3 atom stereocenters. The molecule has 24 heavy (non-hydrogen) atoms.